The maximum Gasteiger partial charge on any atom is 0.216 e. The molecule has 0 aliphatic heterocycles. The van der Waals surface area contributed by atoms with Crippen LogP contribution in [0.3, 0.4) is 0 Å². The Labute approximate surface area is 122 Å². The van der Waals surface area contributed by atoms with E-state index in [0.717, 1.165) is 5.56 Å². The Morgan fingerprint density at radius 1 is 1.40 bits per heavy atom. The number of nitrogens with zero attached hydrogens (tertiary/aromatic N) is 3. The zero-order valence-electron chi connectivity index (χ0n) is 11.5. The second kappa shape index (κ2) is 6.33. The first-order valence-electron chi connectivity index (χ1n) is 6.11. The molecule has 6 nitrogen and oxygen atoms in total. The van der Waals surface area contributed by atoms with Crippen LogP contribution in [-0.2, 0) is 0 Å². The number of hydrogen-bond acceptors (Lipinski definition) is 5. The quantitative estimate of drug-likeness (QED) is 0.679. The summed E-state index contributed by atoms with van der Waals surface area (Å²) in [6.07, 6.45) is 3.25. The third kappa shape index (κ3) is 3.45. The highest BCUT2D eigenvalue weighted by Crippen LogP contribution is 2.28. The second-order valence-corrected chi connectivity index (χ2v) is 4.71. The molecule has 1 aromatic heterocycles. The van der Waals surface area contributed by atoms with Gasteiger partial charge in [0.25, 0.3) is 0 Å². The van der Waals surface area contributed by atoms with Gasteiger partial charge in [-0.3, -0.25) is 5.10 Å². The minimum atomic E-state index is 0.0681. The van der Waals surface area contributed by atoms with E-state index in [1.807, 2.05) is 32.0 Å². The highest BCUT2D eigenvalue weighted by atomic mass is 32.1. The Balaban J connectivity index is 2.27. The minimum Gasteiger partial charge on any atom is -0.493 e. The van der Waals surface area contributed by atoms with Crippen molar-refractivity contribution in [2.45, 2.75) is 20.0 Å². The molecule has 0 radical (unpaired) electrons. The number of ether oxygens (including phenoxy) is 2. The summed E-state index contributed by atoms with van der Waals surface area (Å²) in [7, 11) is 1.61. The van der Waals surface area contributed by atoms with Crippen molar-refractivity contribution in [3.05, 3.63) is 34.9 Å². The van der Waals surface area contributed by atoms with Crippen molar-refractivity contribution in [3.63, 3.8) is 0 Å². The van der Waals surface area contributed by atoms with Crippen LogP contribution in [0.5, 0.6) is 11.5 Å². The lowest BCUT2D eigenvalue weighted by Gasteiger charge is -2.13. The Kier molecular flexibility index (Phi) is 4.52. The van der Waals surface area contributed by atoms with Crippen molar-refractivity contribution in [2.24, 2.45) is 5.10 Å². The van der Waals surface area contributed by atoms with Crippen LogP contribution in [0.15, 0.2) is 29.6 Å². The number of hydrogen-bond donors (Lipinski definition) is 1. The first-order chi connectivity index (χ1) is 9.60. The monoisotopic (exact) mass is 292 g/mol. The van der Waals surface area contributed by atoms with Crippen LogP contribution in [0.25, 0.3) is 0 Å². The van der Waals surface area contributed by atoms with E-state index < -0.39 is 0 Å². The molecule has 1 aromatic carbocycles. The van der Waals surface area contributed by atoms with Crippen molar-refractivity contribution < 1.29 is 9.47 Å². The van der Waals surface area contributed by atoms with Crippen LogP contribution < -0.4 is 9.47 Å². The molecule has 0 aliphatic carbocycles. The van der Waals surface area contributed by atoms with E-state index >= 15 is 0 Å². The van der Waals surface area contributed by atoms with Gasteiger partial charge in [-0.05, 0) is 49.8 Å². The average molecular weight is 292 g/mol. The highest BCUT2D eigenvalue weighted by Gasteiger charge is 2.06. The Bertz CT molecular complexity index is 660. The molecule has 106 valence electrons. The Hall–Kier alpha value is -2.15. The molecule has 0 bridgehead atoms. The van der Waals surface area contributed by atoms with Crippen LogP contribution in [0.1, 0.15) is 19.4 Å². The van der Waals surface area contributed by atoms with Crippen molar-refractivity contribution in [1.82, 2.24) is 14.9 Å². The van der Waals surface area contributed by atoms with Gasteiger partial charge >= 0.3 is 0 Å². The van der Waals surface area contributed by atoms with Crippen molar-refractivity contribution >= 4 is 18.4 Å². The summed E-state index contributed by atoms with van der Waals surface area (Å²) in [5, 5.41) is 10.6. The van der Waals surface area contributed by atoms with Crippen LogP contribution in [-0.4, -0.2) is 34.3 Å². The van der Waals surface area contributed by atoms with Crippen molar-refractivity contribution in [3.8, 4) is 11.5 Å². The predicted molar refractivity (Wildman–Crippen MR) is 79.2 cm³/mol. The molecule has 0 saturated heterocycles. The predicted octanol–water partition coefficient (Wildman–Crippen LogP) is 2.62. The maximum absolute atomic E-state index is 5.71. The first kappa shape index (κ1) is 14.3. The van der Waals surface area contributed by atoms with Gasteiger partial charge in [-0.1, -0.05) is 0 Å². The van der Waals surface area contributed by atoms with Crippen LogP contribution in [0.2, 0.25) is 0 Å². The fraction of sp³-hybridized carbons (Fsp3) is 0.308. The summed E-state index contributed by atoms with van der Waals surface area (Å²) >= 11 is 5.01. The lowest BCUT2D eigenvalue weighted by atomic mass is 10.2. The molecule has 1 N–H and O–H groups in total. The first-order valence-corrected chi connectivity index (χ1v) is 6.52. The lowest BCUT2D eigenvalue weighted by molar-refractivity contribution is 0.230. The standard InChI is InChI=1S/C13H16N4O2S/c1-9(2)19-12-6-10(4-5-11(12)18-3)7-15-17-8-14-16-13(17)20/h4-9H,1-3H3,(H,16,20)/b15-7-. The zero-order chi connectivity index (χ0) is 14.5. The van der Waals surface area contributed by atoms with Crippen molar-refractivity contribution in [2.75, 3.05) is 7.11 Å². The van der Waals surface area contributed by atoms with Crippen molar-refractivity contribution in [1.29, 1.82) is 0 Å². The van der Waals surface area contributed by atoms with Gasteiger partial charge in [0, 0.05) is 0 Å². The molecular formula is C13H16N4O2S. The summed E-state index contributed by atoms with van der Waals surface area (Å²) in [6.45, 7) is 3.93. The number of rotatable bonds is 5. The topological polar surface area (TPSA) is 64.4 Å². The molecule has 2 rings (SSSR count). The number of aromatic amines is 1. The summed E-state index contributed by atoms with van der Waals surface area (Å²) in [5.41, 5.74) is 0.879. The largest absolute Gasteiger partial charge is 0.493 e. The van der Waals surface area contributed by atoms with Gasteiger partial charge in [0.15, 0.2) is 11.5 Å². The number of H-pyrrole nitrogens is 1. The molecule has 0 spiro atoms. The van der Waals surface area contributed by atoms with Gasteiger partial charge in [-0.2, -0.15) is 14.9 Å². The van der Waals surface area contributed by atoms with Gasteiger partial charge in [-0.25, -0.2) is 0 Å². The van der Waals surface area contributed by atoms with E-state index in [1.165, 1.54) is 11.0 Å². The van der Waals surface area contributed by atoms with E-state index in [0.29, 0.717) is 16.3 Å². The van der Waals surface area contributed by atoms with Crippen LogP contribution in [0.4, 0.5) is 0 Å². The lowest BCUT2D eigenvalue weighted by Crippen LogP contribution is -2.07. The Morgan fingerprint density at radius 3 is 2.80 bits per heavy atom. The average Bonchev–Trinajstić information content (AvgIpc) is 2.81. The van der Waals surface area contributed by atoms with E-state index in [-0.39, 0.29) is 6.10 Å². The number of methoxy groups -OCH3 is 1. The zero-order valence-corrected chi connectivity index (χ0v) is 12.3. The summed E-state index contributed by atoms with van der Waals surface area (Å²) < 4.78 is 12.9. The molecule has 0 unspecified atom stereocenters. The van der Waals surface area contributed by atoms with E-state index in [1.54, 1.807) is 13.3 Å². The molecule has 0 amide bonds. The molecule has 1 heterocycles. The van der Waals surface area contributed by atoms with Gasteiger partial charge in [-0.15, -0.1) is 0 Å². The molecule has 2 aromatic rings. The maximum atomic E-state index is 5.71. The summed E-state index contributed by atoms with van der Waals surface area (Å²) in [4.78, 5) is 0. The number of benzene rings is 1. The number of aromatic nitrogens is 3. The van der Waals surface area contributed by atoms with E-state index in [9.17, 15) is 0 Å². The highest BCUT2D eigenvalue weighted by molar-refractivity contribution is 7.71. The van der Waals surface area contributed by atoms with Gasteiger partial charge < -0.3 is 9.47 Å². The van der Waals surface area contributed by atoms with E-state index in [2.05, 4.69) is 15.3 Å². The SMILES string of the molecule is COc1ccc(/C=N\n2cn[nH]c2=S)cc1OC(C)C. The molecule has 0 fully saturated rings. The van der Waals surface area contributed by atoms with Gasteiger partial charge in [0.05, 0.1) is 19.4 Å². The molecule has 20 heavy (non-hydrogen) atoms. The third-order valence-corrected chi connectivity index (χ3v) is 2.70. The normalized spacial score (nSPS) is 11.2. The third-order valence-electron chi connectivity index (χ3n) is 2.42. The molecular weight excluding hydrogens is 276 g/mol. The second-order valence-electron chi connectivity index (χ2n) is 4.33. The molecule has 0 aliphatic rings. The van der Waals surface area contributed by atoms with Gasteiger partial charge in [0.2, 0.25) is 4.77 Å². The molecule has 0 atom stereocenters. The fourth-order valence-corrected chi connectivity index (χ4v) is 1.72. The fourth-order valence-electron chi connectivity index (χ4n) is 1.57. The van der Waals surface area contributed by atoms with Crippen LogP contribution in [0, 0.1) is 4.77 Å². The molecule has 0 saturated carbocycles. The van der Waals surface area contributed by atoms with Crippen LogP contribution >= 0.6 is 12.2 Å². The summed E-state index contributed by atoms with van der Waals surface area (Å²) in [5.74, 6) is 1.37. The van der Waals surface area contributed by atoms with Gasteiger partial charge in [0.1, 0.15) is 6.33 Å². The Morgan fingerprint density at radius 2 is 2.20 bits per heavy atom. The minimum absolute atomic E-state index is 0.0681. The molecule has 7 heteroatoms. The summed E-state index contributed by atoms with van der Waals surface area (Å²) in [6, 6.07) is 5.60. The number of nitrogens with one attached hydrogen (secondary N) is 1. The van der Waals surface area contributed by atoms with E-state index in [4.69, 9.17) is 21.7 Å². The smallest absolute Gasteiger partial charge is 0.216 e.